The molecule has 0 atom stereocenters. The van der Waals surface area contributed by atoms with Crippen LogP contribution in [0.4, 0.5) is 0 Å². The van der Waals surface area contributed by atoms with Gasteiger partial charge in [0.1, 0.15) is 0 Å². The number of nitrogens with one attached hydrogen (secondary N) is 3. The number of rotatable bonds is 9. The average Bonchev–Trinajstić information content (AvgIpc) is 2.70. The molecule has 0 aliphatic carbocycles. The second-order valence-corrected chi connectivity index (χ2v) is 7.72. The third-order valence-corrected chi connectivity index (χ3v) is 5.49. The summed E-state index contributed by atoms with van der Waals surface area (Å²) in [6.45, 7) is 6.15. The third kappa shape index (κ3) is 6.69. The smallest absolute Gasteiger partial charge is 0.240 e. The van der Waals surface area contributed by atoms with Crippen molar-refractivity contribution in [3.63, 3.8) is 0 Å². The number of hydrogen-bond donors (Lipinski definition) is 3. The van der Waals surface area contributed by atoms with Gasteiger partial charge in [0.15, 0.2) is 5.96 Å². The molecule has 2 aromatic rings. The fraction of sp³-hybridized carbons (Fsp3) is 0.350. The SMILES string of the molecule is CCNC(=NCc1ccccc1CC)NCCNS(=O)(=O)c1ccccc1. The van der Waals surface area contributed by atoms with Crippen molar-refractivity contribution >= 4 is 16.0 Å². The highest BCUT2D eigenvalue weighted by Crippen LogP contribution is 2.10. The van der Waals surface area contributed by atoms with Crippen LogP contribution in [-0.2, 0) is 23.0 Å². The van der Waals surface area contributed by atoms with E-state index in [4.69, 9.17) is 0 Å². The van der Waals surface area contributed by atoms with E-state index >= 15 is 0 Å². The van der Waals surface area contributed by atoms with Gasteiger partial charge in [-0.3, -0.25) is 0 Å². The van der Waals surface area contributed by atoms with Gasteiger partial charge in [-0.1, -0.05) is 49.4 Å². The maximum atomic E-state index is 12.2. The van der Waals surface area contributed by atoms with Crippen LogP contribution in [0.1, 0.15) is 25.0 Å². The van der Waals surface area contributed by atoms with E-state index in [9.17, 15) is 8.42 Å². The van der Waals surface area contributed by atoms with E-state index in [-0.39, 0.29) is 11.4 Å². The molecule has 0 aliphatic rings. The summed E-state index contributed by atoms with van der Waals surface area (Å²) in [5, 5.41) is 6.35. The van der Waals surface area contributed by atoms with Crippen molar-refractivity contribution in [2.75, 3.05) is 19.6 Å². The summed E-state index contributed by atoms with van der Waals surface area (Å²) in [6, 6.07) is 16.6. The highest BCUT2D eigenvalue weighted by atomic mass is 32.2. The van der Waals surface area contributed by atoms with Gasteiger partial charge in [-0.05, 0) is 36.6 Å². The molecule has 0 radical (unpaired) electrons. The zero-order valence-corrected chi connectivity index (χ0v) is 16.7. The third-order valence-electron chi connectivity index (χ3n) is 4.01. The first kappa shape index (κ1) is 20.9. The molecule has 0 fully saturated rings. The summed E-state index contributed by atoms with van der Waals surface area (Å²) in [5.74, 6) is 0.669. The Morgan fingerprint density at radius 3 is 2.22 bits per heavy atom. The molecule has 2 aromatic carbocycles. The van der Waals surface area contributed by atoms with Gasteiger partial charge in [0.25, 0.3) is 0 Å². The number of aliphatic imine (C=N–C) groups is 1. The summed E-state index contributed by atoms with van der Waals surface area (Å²) in [6.07, 6.45) is 0.969. The van der Waals surface area contributed by atoms with Crippen molar-refractivity contribution in [1.82, 2.24) is 15.4 Å². The van der Waals surface area contributed by atoms with Gasteiger partial charge >= 0.3 is 0 Å². The Bertz CT molecular complexity index is 836. The Balaban J connectivity index is 1.89. The first-order chi connectivity index (χ1) is 13.1. The molecule has 0 heterocycles. The van der Waals surface area contributed by atoms with Crippen LogP contribution >= 0.6 is 0 Å². The zero-order chi connectivity index (χ0) is 19.5. The second kappa shape index (κ2) is 10.7. The minimum Gasteiger partial charge on any atom is -0.357 e. The number of aryl methyl sites for hydroxylation is 1. The Kier molecular flexibility index (Phi) is 8.29. The largest absolute Gasteiger partial charge is 0.357 e. The quantitative estimate of drug-likeness (QED) is 0.350. The molecular weight excluding hydrogens is 360 g/mol. The van der Waals surface area contributed by atoms with Crippen molar-refractivity contribution in [1.29, 1.82) is 0 Å². The predicted molar refractivity (Wildman–Crippen MR) is 110 cm³/mol. The minimum absolute atomic E-state index is 0.266. The van der Waals surface area contributed by atoms with Crippen LogP contribution in [0.25, 0.3) is 0 Å². The van der Waals surface area contributed by atoms with Crippen molar-refractivity contribution in [3.05, 3.63) is 65.7 Å². The Labute approximate surface area is 162 Å². The molecule has 0 spiro atoms. The first-order valence-corrected chi connectivity index (χ1v) is 10.7. The molecule has 0 aromatic heterocycles. The number of sulfonamides is 1. The number of benzene rings is 2. The minimum atomic E-state index is -3.49. The van der Waals surface area contributed by atoms with Crippen LogP contribution in [0.15, 0.2) is 64.5 Å². The van der Waals surface area contributed by atoms with Gasteiger partial charge < -0.3 is 10.6 Å². The lowest BCUT2D eigenvalue weighted by Crippen LogP contribution is -2.41. The van der Waals surface area contributed by atoms with E-state index in [0.29, 0.717) is 19.0 Å². The van der Waals surface area contributed by atoms with Crippen LogP contribution < -0.4 is 15.4 Å². The van der Waals surface area contributed by atoms with E-state index in [2.05, 4.69) is 39.4 Å². The fourth-order valence-corrected chi connectivity index (χ4v) is 3.66. The van der Waals surface area contributed by atoms with Gasteiger partial charge in [-0.15, -0.1) is 0 Å². The Hall–Kier alpha value is -2.38. The normalized spacial score (nSPS) is 12.0. The summed E-state index contributed by atoms with van der Waals surface area (Å²) in [7, 11) is -3.49. The molecule has 6 nitrogen and oxygen atoms in total. The van der Waals surface area contributed by atoms with Crippen LogP contribution in [0, 0.1) is 0 Å². The highest BCUT2D eigenvalue weighted by Gasteiger charge is 2.12. The van der Waals surface area contributed by atoms with Gasteiger partial charge in [-0.2, -0.15) is 0 Å². The van der Waals surface area contributed by atoms with E-state index in [0.717, 1.165) is 13.0 Å². The van der Waals surface area contributed by atoms with Crippen molar-refractivity contribution in [2.24, 2.45) is 4.99 Å². The number of hydrogen-bond acceptors (Lipinski definition) is 3. The monoisotopic (exact) mass is 388 g/mol. The van der Waals surface area contributed by atoms with Crippen molar-refractivity contribution < 1.29 is 8.42 Å². The van der Waals surface area contributed by atoms with Crippen molar-refractivity contribution in [3.8, 4) is 0 Å². The molecular formula is C20H28N4O2S. The summed E-state index contributed by atoms with van der Waals surface area (Å²) < 4.78 is 27.0. The zero-order valence-electron chi connectivity index (χ0n) is 15.9. The molecule has 146 valence electrons. The van der Waals surface area contributed by atoms with Crippen LogP contribution in [0.3, 0.4) is 0 Å². The molecule has 7 heteroatoms. The fourth-order valence-electron chi connectivity index (χ4n) is 2.61. The van der Waals surface area contributed by atoms with Crippen LogP contribution in [0.5, 0.6) is 0 Å². The highest BCUT2D eigenvalue weighted by molar-refractivity contribution is 7.89. The number of nitrogens with zero attached hydrogens (tertiary/aromatic N) is 1. The summed E-state index contributed by atoms with van der Waals surface area (Å²) in [4.78, 5) is 4.87. The lowest BCUT2D eigenvalue weighted by atomic mass is 10.1. The maximum absolute atomic E-state index is 12.2. The predicted octanol–water partition coefficient (Wildman–Crippen LogP) is 2.28. The lowest BCUT2D eigenvalue weighted by molar-refractivity contribution is 0.580. The molecule has 0 saturated heterocycles. The average molecular weight is 389 g/mol. The molecule has 2 rings (SSSR count). The molecule has 0 amide bonds. The van der Waals surface area contributed by atoms with E-state index in [1.54, 1.807) is 30.3 Å². The maximum Gasteiger partial charge on any atom is 0.240 e. The van der Waals surface area contributed by atoms with E-state index in [1.807, 2.05) is 19.1 Å². The van der Waals surface area contributed by atoms with Crippen molar-refractivity contribution in [2.45, 2.75) is 31.7 Å². The molecule has 3 N–H and O–H groups in total. The standard InChI is InChI=1S/C20H28N4O2S/c1-3-17-10-8-9-11-18(17)16-23-20(21-4-2)22-14-15-24-27(25,26)19-12-6-5-7-13-19/h5-13,24H,3-4,14-16H2,1-2H3,(H2,21,22,23). The molecule has 27 heavy (non-hydrogen) atoms. The molecule has 0 unspecified atom stereocenters. The van der Waals surface area contributed by atoms with Gasteiger partial charge in [0.2, 0.25) is 10.0 Å². The van der Waals surface area contributed by atoms with Crippen LogP contribution in [-0.4, -0.2) is 34.0 Å². The van der Waals surface area contributed by atoms with Gasteiger partial charge in [0, 0.05) is 19.6 Å². The van der Waals surface area contributed by atoms with Gasteiger partial charge in [0.05, 0.1) is 11.4 Å². The van der Waals surface area contributed by atoms with Gasteiger partial charge in [-0.25, -0.2) is 18.1 Å². The van der Waals surface area contributed by atoms with E-state index in [1.165, 1.54) is 11.1 Å². The Morgan fingerprint density at radius 1 is 0.889 bits per heavy atom. The molecule has 0 bridgehead atoms. The lowest BCUT2D eigenvalue weighted by Gasteiger charge is -2.13. The summed E-state index contributed by atoms with van der Waals surface area (Å²) in [5.41, 5.74) is 2.48. The summed E-state index contributed by atoms with van der Waals surface area (Å²) >= 11 is 0. The van der Waals surface area contributed by atoms with E-state index < -0.39 is 10.0 Å². The molecule has 0 saturated carbocycles. The second-order valence-electron chi connectivity index (χ2n) is 5.96. The molecule has 0 aliphatic heterocycles. The van der Waals surface area contributed by atoms with Crippen LogP contribution in [0.2, 0.25) is 0 Å². The topological polar surface area (TPSA) is 82.6 Å². The Morgan fingerprint density at radius 2 is 1.56 bits per heavy atom. The number of guanidine groups is 1. The first-order valence-electron chi connectivity index (χ1n) is 9.20.